The highest BCUT2D eigenvalue weighted by Gasteiger charge is 2.33. The molecule has 0 aliphatic carbocycles. The fraction of sp³-hybridized carbons (Fsp3) is 0.182. The fourth-order valence-corrected chi connectivity index (χ4v) is 7.30. The topological polar surface area (TPSA) is 91.3 Å². The molecular formula is C22H23O7PS. The molecule has 0 bridgehead atoms. The largest absolute Gasteiger partial charge is 0.496 e. The summed E-state index contributed by atoms with van der Waals surface area (Å²) in [6.45, 7) is 0. The second-order valence-corrected chi connectivity index (χ2v) is 9.74. The Labute approximate surface area is 183 Å². The predicted molar refractivity (Wildman–Crippen MR) is 121 cm³/mol. The molecule has 3 aromatic rings. The Balaban J connectivity index is 2.52. The minimum Gasteiger partial charge on any atom is -0.496 e. The number of rotatable bonds is 8. The van der Waals surface area contributed by atoms with Gasteiger partial charge in [0.2, 0.25) is 0 Å². The van der Waals surface area contributed by atoms with Crippen LogP contribution in [0.25, 0.3) is 0 Å². The number of benzene rings is 3. The van der Waals surface area contributed by atoms with Crippen LogP contribution in [0.1, 0.15) is 0 Å². The standard InChI is InChI=1S/C22H23O7PS/c1-26-15-9-7-10-16(27-2)21(15)30(19-13-5-6-14-20(19)31(23,24)25)22-17(28-3)11-8-12-18(22)29-4/h5-14H,1-4H3,(H,23,24,25). The van der Waals surface area contributed by atoms with Gasteiger partial charge < -0.3 is 18.9 Å². The van der Waals surface area contributed by atoms with Gasteiger partial charge in [0.15, 0.2) is 0 Å². The van der Waals surface area contributed by atoms with Crippen LogP contribution in [-0.2, 0) is 10.1 Å². The van der Waals surface area contributed by atoms with Crippen molar-refractivity contribution in [3.05, 3.63) is 60.7 Å². The van der Waals surface area contributed by atoms with Crippen LogP contribution in [0.15, 0.2) is 65.6 Å². The summed E-state index contributed by atoms with van der Waals surface area (Å²) in [5.41, 5.74) is 0. The number of ether oxygens (including phenoxy) is 4. The zero-order valence-electron chi connectivity index (χ0n) is 17.5. The second kappa shape index (κ2) is 9.56. The Kier molecular flexibility index (Phi) is 7.05. The number of hydrogen-bond acceptors (Lipinski definition) is 6. The van der Waals surface area contributed by atoms with Crippen molar-refractivity contribution in [2.75, 3.05) is 28.4 Å². The van der Waals surface area contributed by atoms with E-state index in [2.05, 4.69) is 0 Å². The van der Waals surface area contributed by atoms with Gasteiger partial charge in [0.25, 0.3) is 10.1 Å². The summed E-state index contributed by atoms with van der Waals surface area (Å²) in [6.07, 6.45) is 0. The van der Waals surface area contributed by atoms with Gasteiger partial charge in [-0.25, -0.2) is 0 Å². The molecule has 0 aliphatic rings. The van der Waals surface area contributed by atoms with Gasteiger partial charge in [0.05, 0.1) is 39.0 Å². The monoisotopic (exact) mass is 462 g/mol. The maximum atomic E-state index is 12.3. The molecule has 1 N–H and O–H groups in total. The van der Waals surface area contributed by atoms with Crippen LogP contribution >= 0.6 is 7.92 Å². The quantitative estimate of drug-likeness (QED) is 0.407. The maximum absolute atomic E-state index is 12.3. The third-order valence-corrected chi connectivity index (χ3v) is 8.35. The molecule has 7 nitrogen and oxygen atoms in total. The molecule has 31 heavy (non-hydrogen) atoms. The maximum Gasteiger partial charge on any atom is 0.295 e. The number of hydrogen-bond donors (Lipinski definition) is 1. The van der Waals surface area contributed by atoms with Gasteiger partial charge in [0.1, 0.15) is 27.9 Å². The smallest absolute Gasteiger partial charge is 0.295 e. The van der Waals surface area contributed by atoms with Crippen molar-refractivity contribution in [3.8, 4) is 23.0 Å². The molecular weight excluding hydrogens is 439 g/mol. The Hall–Kier alpha value is -2.80. The van der Waals surface area contributed by atoms with E-state index in [1.54, 1.807) is 54.6 Å². The number of methoxy groups -OCH3 is 4. The van der Waals surface area contributed by atoms with Gasteiger partial charge in [0, 0.05) is 13.2 Å². The highest BCUT2D eigenvalue weighted by Crippen LogP contribution is 2.46. The Bertz CT molecular complexity index is 1080. The van der Waals surface area contributed by atoms with Crippen LogP contribution in [0.4, 0.5) is 0 Å². The minimum atomic E-state index is -4.52. The lowest BCUT2D eigenvalue weighted by Gasteiger charge is -2.27. The van der Waals surface area contributed by atoms with Crippen molar-refractivity contribution in [2.24, 2.45) is 0 Å². The Morgan fingerprint density at radius 2 is 1.03 bits per heavy atom. The Morgan fingerprint density at radius 3 is 1.39 bits per heavy atom. The third-order valence-electron chi connectivity index (χ3n) is 4.63. The SMILES string of the molecule is COc1cccc(OC)c1P(c1ccccc1S(=O)(=O)O)c1c(OC)cccc1OC. The highest BCUT2D eigenvalue weighted by atomic mass is 32.2. The molecule has 0 fully saturated rings. The third kappa shape index (κ3) is 4.46. The second-order valence-electron chi connectivity index (χ2n) is 6.30. The molecule has 3 rings (SSSR count). The first-order valence-corrected chi connectivity index (χ1v) is 11.9. The van der Waals surface area contributed by atoms with E-state index in [0.29, 0.717) is 38.9 Å². The summed E-state index contributed by atoms with van der Waals surface area (Å²) in [5, 5.41) is 1.63. The first-order chi connectivity index (χ1) is 14.9. The van der Waals surface area contributed by atoms with Crippen molar-refractivity contribution in [1.82, 2.24) is 0 Å². The normalized spacial score (nSPS) is 11.3. The molecule has 0 aromatic heterocycles. The van der Waals surface area contributed by atoms with Gasteiger partial charge in [-0.15, -0.1) is 0 Å². The summed E-state index contributed by atoms with van der Waals surface area (Å²) in [7, 11) is -0.0857. The molecule has 164 valence electrons. The van der Waals surface area contributed by atoms with Crippen LogP contribution in [-0.4, -0.2) is 41.4 Å². The van der Waals surface area contributed by atoms with Crippen molar-refractivity contribution in [3.63, 3.8) is 0 Å². The molecule has 0 atom stereocenters. The van der Waals surface area contributed by atoms with E-state index in [9.17, 15) is 13.0 Å². The fourth-order valence-electron chi connectivity index (χ4n) is 3.32. The summed E-state index contributed by atoms with van der Waals surface area (Å²) in [6, 6.07) is 16.9. The average Bonchev–Trinajstić information content (AvgIpc) is 2.78. The van der Waals surface area contributed by atoms with Crippen LogP contribution in [0.5, 0.6) is 23.0 Å². The van der Waals surface area contributed by atoms with Crippen LogP contribution in [0, 0.1) is 0 Å². The van der Waals surface area contributed by atoms with Gasteiger partial charge in [-0.1, -0.05) is 30.3 Å². The van der Waals surface area contributed by atoms with Crippen molar-refractivity contribution >= 4 is 34.0 Å². The van der Waals surface area contributed by atoms with Gasteiger partial charge in [-0.2, -0.15) is 8.42 Å². The van der Waals surface area contributed by atoms with E-state index in [1.165, 1.54) is 34.5 Å². The lowest BCUT2D eigenvalue weighted by molar-refractivity contribution is 0.399. The van der Waals surface area contributed by atoms with E-state index in [0.717, 1.165) is 0 Å². The molecule has 0 radical (unpaired) electrons. The molecule has 3 aromatic carbocycles. The Morgan fingerprint density at radius 1 is 0.645 bits per heavy atom. The minimum absolute atomic E-state index is 0.206. The predicted octanol–water partition coefficient (Wildman–Crippen LogP) is 2.73. The van der Waals surface area contributed by atoms with Crippen LogP contribution in [0.3, 0.4) is 0 Å². The summed E-state index contributed by atoms with van der Waals surface area (Å²) < 4.78 is 57.0. The lowest BCUT2D eigenvalue weighted by atomic mass is 10.3. The molecule has 0 amide bonds. The van der Waals surface area contributed by atoms with Crippen LogP contribution in [0.2, 0.25) is 0 Å². The lowest BCUT2D eigenvalue weighted by Crippen LogP contribution is -2.28. The van der Waals surface area contributed by atoms with Crippen molar-refractivity contribution < 1.29 is 31.9 Å². The first kappa shape index (κ1) is 22.9. The summed E-state index contributed by atoms with van der Waals surface area (Å²) >= 11 is 0. The van der Waals surface area contributed by atoms with Crippen molar-refractivity contribution in [1.29, 1.82) is 0 Å². The summed E-state index contributed by atoms with van der Waals surface area (Å²) in [4.78, 5) is -0.206. The van der Waals surface area contributed by atoms with Gasteiger partial charge >= 0.3 is 0 Å². The van der Waals surface area contributed by atoms with E-state index < -0.39 is 18.0 Å². The average molecular weight is 462 g/mol. The molecule has 9 heteroatoms. The van der Waals surface area contributed by atoms with E-state index in [-0.39, 0.29) is 4.90 Å². The molecule has 0 saturated heterocycles. The van der Waals surface area contributed by atoms with Crippen LogP contribution < -0.4 is 34.9 Å². The van der Waals surface area contributed by atoms with Gasteiger partial charge in [-0.3, -0.25) is 4.55 Å². The van der Waals surface area contributed by atoms with E-state index >= 15 is 0 Å². The zero-order valence-corrected chi connectivity index (χ0v) is 19.2. The molecule has 0 spiro atoms. The molecule has 0 aliphatic heterocycles. The zero-order chi connectivity index (χ0) is 22.6. The van der Waals surface area contributed by atoms with Gasteiger partial charge in [-0.05, 0) is 30.3 Å². The van der Waals surface area contributed by atoms with Crippen molar-refractivity contribution in [2.45, 2.75) is 4.90 Å². The first-order valence-electron chi connectivity index (χ1n) is 9.16. The molecule has 0 unspecified atom stereocenters. The van der Waals surface area contributed by atoms with E-state index in [1.807, 2.05) is 0 Å². The molecule has 0 saturated carbocycles. The highest BCUT2D eigenvalue weighted by molar-refractivity contribution is 7.88. The summed E-state index contributed by atoms with van der Waals surface area (Å²) in [5.74, 6) is 2.01. The van der Waals surface area contributed by atoms with E-state index in [4.69, 9.17) is 18.9 Å². The molecule has 0 heterocycles.